The predicted molar refractivity (Wildman–Crippen MR) is 98.9 cm³/mol. The van der Waals surface area contributed by atoms with Crippen LogP contribution in [0.4, 0.5) is 10.5 Å². The van der Waals surface area contributed by atoms with Crippen LogP contribution in [0.5, 0.6) is 0 Å². The molecule has 2 unspecified atom stereocenters. The maximum atomic E-state index is 11.9. The molecule has 134 valence electrons. The largest absolute Gasteiger partial charge is 0.444 e. The van der Waals surface area contributed by atoms with E-state index >= 15 is 0 Å². The highest BCUT2D eigenvalue weighted by atomic mass is 32.2. The molecule has 1 amide bonds. The number of anilines is 1. The number of benzene rings is 1. The Morgan fingerprint density at radius 3 is 2.79 bits per heavy atom. The van der Waals surface area contributed by atoms with E-state index in [1.165, 1.54) is 11.1 Å². The first kappa shape index (κ1) is 18.9. The molecular weight excluding hydrogens is 324 g/mol. The van der Waals surface area contributed by atoms with Crippen LogP contribution in [0.15, 0.2) is 18.2 Å². The molecule has 1 aromatic rings. The van der Waals surface area contributed by atoms with E-state index in [4.69, 9.17) is 4.74 Å². The molecule has 5 nitrogen and oxygen atoms in total. The Morgan fingerprint density at radius 1 is 1.38 bits per heavy atom. The van der Waals surface area contributed by atoms with Crippen LogP contribution in [0.25, 0.3) is 0 Å². The minimum Gasteiger partial charge on any atom is -0.444 e. The average Bonchev–Trinajstić information content (AvgIpc) is 2.83. The Labute approximate surface area is 147 Å². The Hall–Kier alpha value is -1.40. The number of carbonyl (C=O) groups is 1. The molecule has 0 bridgehead atoms. The first-order valence-electron chi connectivity index (χ1n) is 8.41. The molecule has 2 atom stereocenters. The summed E-state index contributed by atoms with van der Waals surface area (Å²) in [4.78, 5) is 11.9. The Bertz CT molecular complexity index is 611. The Morgan fingerprint density at radius 2 is 2.12 bits per heavy atom. The standard InChI is InChI=1S/C18H28N2O3S/c1-18(2,3)23-17(21)20-14-7-8-15-13(12-14)6-9-16(15)19-10-5-11-24(4)22/h7-8,12,16,19H,5-6,9-11H2,1-4H3,(H,20,21). The fourth-order valence-electron chi connectivity index (χ4n) is 2.88. The molecule has 0 aliphatic heterocycles. The number of aryl methyl sites for hydroxylation is 1. The summed E-state index contributed by atoms with van der Waals surface area (Å²) in [6.07, 6.45) is 4.29. The van der Waals surface area contributed by atoms with Gasteiger partial charge < -0.3 is 10.1 Å². The van der Waals surface area contributed by atoms with Crippen molar-refractivity contribution < 1.29 is 13.7 Å². The van der Waals surface area contributed by atoms with E-state index in [-0.39, 0.29) is 0 Å². The second-order valence-corrected chi connectivity index (χ2v) is 8.77. The summed E-state index contributed by atoms with van der Waals surface area (Å²) < 4.78 is 16.4. The monoisotopic (exact) mass is 352 g/mol. The van der Waals surface area contributed by atoms with Crippen molar-refractivity contribution in [3.8, 4) is 0 Å². The van der Waals surface area contributed by atoms with E-state index < -0.39 is 22.5 Å². The molecule has 0 spiro atoms. The lowest BCUT2D eigenvalue weighted by molar-refractivity contribution is 0.0636. The van der Waals surface area contributed by atoms with Crippen LogP contribution in [0.3, 0.4) is 0 Å². The number of amides is 1. The van der Waals surface area contributed by atoms with Gasteiger partial charge in [0.15, 0.2) is 0 Å². The SMILES string of the molecule is CS(=O)CCCNC1CCc2cc(NC(=O)OC(C)(C)C)ccc21. The minimum atomic E-state index is -0.722. The van der Waals surface area contributed by atoms with Crippen molar-refractivity contribution in [3.05, 3.63) is 29.3 Å². The minimum absolute atomic E-state index is 0.348. The van der Waals surface area contributed by atoms with Crippen molar-refractivity contribution in [2.45, 2.75) is 51.7 Å². The Kier molecular flexibility index (Phi) is 6.40. The average molecular weight is 353 g/mol. The van der Waals surface area contributed by atoms with E-state index in [1.54, 1.807) is 6.26 Å². The number of ether oxygens (including phenoxy) is 1. The van der Waals surface area contributed by atoms with Gasteiger partial charge in [-0.3, -0.25) is 9.53 Å². The molecule has 1 aliphatic rings. The molecule has 0 radical (unpaired) electrons. The lowest BCUT2D eigenvalue weighted by Crippen LogP contribution is -2.27. The maximum Gasteiger partial charge on any atom is 0.412 e. The van der Waals surface area contributed by atoms with E-state index in [0.717, 1.165) is 37.2 Å². The number of hydrogen-bond acceptors (Lipinski definition) is 4. The van der Waals surface area contributed by atoms with Crippen LogP contribution >= 0.6 is 0 Å². The van der Waals surface area contributed by atoms with Gasteiger partial charge in [-0.05, 0) is 69.8 Å². The molecule has 0 fully saturated rings. The highest BCUT2D eigenvalue weighted by Gasteiger charge is 2.23. The highest BCUT2D eigenvalue weighted by molar-refractivity contribution is 7.84. The molecule has 1 aromatic carbocycles. The summed E-state index contributed by atoms with van der Waals surface area (Å²) in [5, 5.41) is 6.33. The first-order valence-corrected chi connectivity index (χ1v) is 10.1. The topological polar surface area (TPSA) is 67.4 Å². The van der Waals surface area contributed by atoms with Crippen LogP contribution in [0.1, 0.15) is 50.8 Å². The quantitative estimate of drug-likeness (QED) is 0.770. The third kappa shape index (κ3) is 5.91. The Balaban J connectivity index is 1.90. The fourth-order valence-corrected chi connectivity index (χ4v) is 3.43. The van der Waals surface area contributed by atoms with E-state index in [1.807, 2.05) is 32.9 Å². The van der Waals surface area contributed by atoms with Gasteiger partial charge in [-0.1, -0.05) is 6.07 Å². The summed E-state index contributed by atoms with van der Waals surface area (Å²) in [5.41, 5.74) is 2.82. The van der Waals surface area contributed by atoms with Crippen molar-refractivity contribution in [3.63, 3.8) is 0 Å². The normalized spacial score (nSPS) is 18.1. The van der Waals surface area contributed by atoms with Gasteiger partial charge in [0.25, 0.3) is 0 Å². The second-order valence-electron chi connectivity index (χ2n) is 7.22. The number of nitrogens with one attached hydrogen (secondary N) is 2. The molecule has 24 heavy (non-hydrogen) atoms. The maximum absolute atomic E-state index is 11.9. The molecule has 2 N–H and O–H groups in total. The predicted octanol–water partition coefficient (Wildman–Crippen LogP) is 3.38. The number of fused-ring (bicyclic) bond motifs is 1. The van der Waals surface area contributed by atoms with Gasteiger partial charge in [0.1, 0.15) is 5.60 Å². The van der Waals surface area contributed by atoms with Crippen LogP contribution < -0.4 is 10.6 Å². The van der Waals surface area contributed by atoms with Gasteiger partial charge in [-0.15, -0.1) is 0 Å². The summed E-state index contributed by atoms with van der Waals surface area (Å²) >= 11 is 0. The summed E-state index contributed by atoms with van der Waals surface area (Å²) in [7, 11) is -0.722. The van der Waals surface area contributed by atoms with Gasteiger partial charge in [-0.25, -0.2) is 4.79 Å². The van der Waals surface area contributed by atoms with Crippen LogP contribution in [0.2, 0.25) is 0 Å². The van der Waals surface area contributed by atoms with Gasteiger partial charge in [-0.2, -0.15) is 0 Å². The summed E-state index contributed by atoms with van der Waals surface area (Å²) in [5.74, 6) is 0.741. The smallest absolute Gasteiger partial charge is 0.412 e. The van der Waals surface area contributed by atoms with Crippen molar-refractivity contribution in [1.82, 2.24) is 5.32 Å². The van der Waals surface area contributed by atoms with Crippen molar-refractivity contribution in [2.24, 2.45) is 0 Å². The zero-order chi connectivity index (χ0) is 17.7. The van der Waals surface area contributed by atoms with Gasteiger partial charge in [0.05, 0.1) is 0 Å². The first-order chi connectivity index (χ1) is 11.2. The second kappa shape index (κ2) is 8.12. The molecule has 0 saturated heterocycles. The third-order valence-corrected chi connectivity index (χ3v) is 4.73. The summed E-state index contributed by atoms with van der Waals surface area (Å²) in [6, 6.07) is 6.37. The lowest BCUT2D eigenvalue weighted by atomic mass is 10.1. The highest BCUT2D eigenvalue weighted by Crippen LogP contribution is 2.33. The zero-order valence-electron chi connectivity index (χ0n) is 15.0. The molecule has 0 aromatic heterocycles. The van der Waals surface area contributed by atoms with Crippen LogP contribution in [-0.2, 0) is 22.0 Å². The number of carbonyl (C=O) groups excluding carboxylic acids is 1. The lowest BCUT2D eigenvalue weighted by Gasteiger charge is -2.20. The molecule has 1 aliphatic carbocycles. The number of hydrogen-bond donors (Lipinski definition) is 2. The van der Waals surface area contributed by atoms with Gasteiger partial charge in [0.2, 0.25) is 0 Å². The molecular formula is C18H28N2O3S. The molecule has 2 rings (SSSR count). The van der Waals surface area contributed by atoms with Crippen molar-refractivity contribution >= 4 is 22.6 Å². The van der Waals surface area contributed by atoms with E-state index in [2.05, 4.69) is 16.7 Å². The van der Waals surface area contributed by atoms with E-state index in [0.29, 0.717) is 6.04 Å². The third-order valence-electron chi connectivity index (χ3n) is 3.87. The van der Waals surface area contributed by atoms with Crippen LogP contribution in [-0.4, -0.2) is 34.5 Å². The van der Waals surface area contributed by atoms with Crippen LogP contribution in [0, 0.1) is 0 Å². The fraction of sp³-hybridized carbons (Fsp3) is 0.611. The number of rotatable bonds is 6. The van der Waals surface area contributed by atoms with Gasteiger partial charge >= 0.3 is 6.09 Å². The van der Waals surface area contributed by atoms with E-state index in [9.17, 15) is 9.00 Å². The zero-order valence-corrected chi connectivity index (χ0v) is 15.8. The summed E-state index contributed by atoms with van der Waals surface area (Å²) in [6.45, 7) is 6.42. The molecule has 0 heterocycles. The molecule has 6 heteroatoms. The molecule has 0 saturated carbocycles. The van der Waals surface area contributed by atoms with Crippen molar-refractivity contribution in [1.29, 1.82) is 0 Å². The van der Waals surface area contributed by atoms with Crippen molar-refractivity contribution in [2.75, 3.05) is 23.9 Å². The van der Waals surface area contributed by atoms with Gasteiger partial charge in [0, 0.05) is 34.5 Å².